The van der Waals surface area contributed by atoms with Crippen LogP contribution in [0.3, 0.4) is 0 Å². The molecule has 0 radical (unpaired) electrons. The number of hydrogen-bond donors (Lipinski definition) is 1. The van der Waals surface area contributed by atoms with Crippen LogP contribution in [0.2, 0.25) is 0 Å². The van der Waals surface area contributed by atoms with Crippen LogP contribution in [0.4, 0.5) is 0 Å². The standard InChI is InChI=1S/C16H25N/c1-12(2)9-14-5-4-6-15(11-14)16-7-8-17-13(3)10-16/h4-6,11-13,16-17H,7-10H2,1-3H3. The van der Waals surface area contributed by atoms with E-state index in [9.17, 15) is 0 Å². The van der Waals surface area contributed by atoms with Gasteiger partial charge in [-0.3, -0.25) is 0 Å². The second-order valence-electron chi connectivity index (χ2n) is 5.92. The Hall–Kier alpha value is -0.820. The van der Waals surface area contributed by atoms with Gasteiger partial charge in [0.05, 0.1) is 0 Å². The summed E-state index contributed by atoms with van der Waals surface area (Å²) in [5.74, 6) is 1.51. The van der Waals surface area contributed by atoms with Gasteiger partial charge in [-0.25, -0.2) is 0 Å². The minimum atomic E-state index is 0.669. The molecule has 2 atom stereocenters. The van der Waals surface area contributed by atoms with Crippen molar-refractivity contribution >= 4 is 0 Å². The van der Waals surface area contributed by atoms with E-state index in [1.54, 1.807) is 5.56 Å². The van der Waals surface area contributed by atoms with Gasteiger partial charge < -0.3 is 5.32 Å². The first-order valence-corrected chi connectivity index (χ1v) is 6.97. The summed E-state index contributed by atoms with van der Waals surface area (Å²) in [5, 5.41) is 3.53. The van der Waals surface area contributed by atoms with Gasteiger partial charge in [0.1, 0.15) is 0 Å². The van der Waals surface area contributed by atoms with E-state index in [1.165, 1.54) is 31.4 Å². The highest BCUT2D eigenvalue weighted by Gasteiger charge is 2.19. The largest absolute Gasteiger partial charge is 0.314 e. The molecular formula is C16H25N. The maximum atomic E-state index is 3.53. The molecule has 2 unspecified atom stereocenters. The predicted molar refractivity (Wildman–Crippen MR) is 74.4 cm³/mol. The van der Waals surface area contributed by atoms with Gasteiger partial charge in [-0.1, -0.05) is 38.1 Å². The minimum absolute atomic E-state index is 0.669. The fourth-order valence-electron chi connectivity index (χ4n) is 2.88. The number of rotatable bonds is 3. The van der Waals surface area contributed by atoms with Crippen molar-refractivity contribution in [3.8, 4) is 0 Å². The van der Waals surface area contributed by atoms with Crippen LogP contribution in [0, 0.1) is 5.92 Å². The monoisotopic (exact) mass is 231 g/mol. The predicted octanol–water partition coefficient (Wildman–Crippen LogP) is 3.74. The molecular weight excluding hydrogens is 206 g/mol. The number of hydrogen-bond acceptors (Lipinski definition) is 1. The van der Waals surface area contributed by atoms with Crippen LogP contribution in [0.25, 0.3) is 0 Å². The van der Waals surface area contributed by atoms with Crippen LogP contribution in [-0.2, 0) is 6.42 Å². The second-order valence-corrected chi connectivity index (χ2v) is 5.92. The van der Waals surface area contributed by atoms with E-state index < -0.39 is 0 Å². The van der Waals surface area contributed by atoms with E-state index in [1.807, 2.05) is 0 Å². The molecule has 0 amide bonds. The summed E-state index contributed by atoms with van der Waals surface area (Å²) in [6.07, 6.45) is 3.77. The lowest BCUT2D eigenvalue weighted by atomic mass is 9.85. The molecule has 2 rings (SSSR count). The molecule has 1 aliphatic rings. The zero-order valence-electron chi connectivity index (χ0n) is 11.4. The zero-order valence-corrected chi connectivity index (χ0v) is 11.4. The molecule has 1 aromatic carbocycles. The highest BCUT2D eigenvalue weighted by Crippen LogP contribution is 2.28. The van der Waals surface area contributed by atoms with Crippen molar-refractivity contribution in [2.75, 3.05) is 6.54 Å². The first kappa shape index (κ1) is 12.6. The van der Waals surface area contributed by atoms with Crippen LogP contribution < -0.4 is 5.32 Å². The van der Waals surface area contributed by atoms with Gasteiger partial charge in [0.2, 0.25) is 0 Å². The van der Waals surface area contributed by atoms with Crippen molar-refractivity contribution in [3.05, 3.63) is 35.4 Å². The molecule has 17 heavy (non-hydrogen) atoms. The Morgan fingerprint density at radius 2 is 2.18 bits per heavy atom. The van der Waals surface area contributed by atoms with E-state index in [0.29, 0.717) is 6.04 Å². The Bertz CT molecular complexity index is 356. The van der Waals surface area contributed by atoms with Gasteiger partial charge in [0, 0.05) is 6.04 Å². The zero-order chi connectivity index (χ0) is 12.3. The average Bonchev–Trinajstić information content (AvgIpc) is 2.28. The molecule has 0 spiro atoms. The van der Waals surface area contributed by atoms with Crippen molar-refractivity contribution in [1.82, 2.24) is 5.32 Å². The van der Waals surface area contributed by atoms with E-state index >= 15 is 0 Å². The third-order valence-electron chi connectivity index (χ3n) is 3.69. The van der Waals surface area contributed by atoms with Gasteiger partial charge in [0.15, 0.2) is 0 Å². The first-order chi connectivity index (χ1) is 8.15. The summed E-state index contributed by atoms with van der Waals surface area (Å²) >= 11 is 0. The summed E-state index contributed by atoms with van der Waals surface area (Å²) in [6, 6.07) is 9.92. The minimum Gasteiger partial charge on any atom is -0.314 e. The number of nitrogens with one attached hydrogen (secondary N) is 1. The molecule has 0 saturated carbocycles. The molecule has 1 heterocycles. The van der Waals surface area contributed by atoms with Crippen molar-refractivity contribution in [3.63, 3.8) is 0 Å². The third-order valence-corrected chi connectivity index (χ3v) is 3.69. The lowest BCUT2D eigenvalue weighted by molar-refractivity contribution is 0.381. The van der Waals surface area contributed by atoms with Crippen molar-refractivity contribution < 1.29 is 0 Å². The molecule has 1 fully saturated rings. The topological polar surface area (TPSA) is 12.0 Å². The summed E-state index contributed by atoms with van der Waals surface area (Å²) in [5.41, 5.74) is 3.06. The number of piperidine rings is 1. The molecule has 1 heteroatoms. The summed E-state index contributed by atoms with van der Waals surface area (Å²) < 4.78 is 0. The summed E-state index contributed by atoms with van der Waals surface area (Å²) in [6.45, 7) is 8.04. The Labute approximate surface area is 106 Å². The maximum absolute atomic E-state index is 3.53. The smallest absolute Gasteiger partial charge is 0.00445 e. The van der Waals surface area contributed by atoms with Gasteiger partial charge in [-0.15, -0.1) is 0 Å². The Morgan fingerprint density at radius 1 is 1.35 bits per heavy atom. The van der Waals surface area contributed by atoms with E-state index in [-0.39, 0.29) is 0 Å². The molecule has 1 aliphatic heterocycles. The second kappa shape index (κ2) is 5.68. The first-order valence-electron chi connectivity index (χ1n) is 6.97. The van der Waals surface area contributed by atoms with Gasteiger partial charge in [0.25, 0.3) is 0 Å². The Balaban J connectivity index is 2.09. The molecule has 1 aromatic rings. The highest BCUT2D eigenvalue weighted by atomic mass is 14.9. The van der Waals surface area contributed by atoms with Gasteiger partial charge >= 0.3 is 0 Å². The van der Waals surface area contributed by atoms with Crippen LogP contribution in [0.15, 0.2) is 24.3 Å². The molecule has 0 aliphatic carbocycles. The molecule has 1 saturated heterocycles. The van der Waals surface area contributed by atoms with Crippen LogP contribution in [0.1, 0.15) is 50.7 Å². The summed E-state index contributed by atoms with van der Waals surface area (Å²) in [7, 11) is 0. The highest BCUT2D eigenvalue weighted by molar-refractivity contribution is 5.27. The molecule has 1 N–H and O–H groups in total. The van der Waals surface area contributed by atoms with E-state index in [2.05, 4.69) is 50.4 Å². The number of benzene rings is 1. The Morgan fingerprint density at radius 3 is 2.88 bits per heavy atom. The van der Waals surface area contributed by atoms with Crippen LogP contribution >= 0.6 is 0 Å². The SMILES string of the molecule is CC(C)Cc1cccc(C2CCNC(C)C2)c1. The average molecular weight is 231 g/mol. The maximum Gasteiger partial charge on any atom is 0.00445 e. The van der Waals surface area contributed by atoms with Crippen molar-refractivity contribution in [1.29, 1.82) is 0 Å². The van der Waals surface area contributed by atoms with Crippen molar-refractivity contribution in [2.24, 2.45) is 5.92 Å². The molecule has 1 nitrogen and oxygen atoms in total. The Kier molecular flexibility index (Phi) is 4.22. The van der Waals surface area contributed by atoms with Gasteiger partial charge in [-0.05, 0) is 55.7 Å². The molecule has 0 aromatic heterocycles. The van der Waals surface area contributed by atoms with Gasteiger partial charge in [-0.2, -0.15) is 0 Å². The van der Waals surface area contributed by atoms with Crippen LogP contribution in [-0.4, -0.2) is 12.6 Å². The fourth-order valence-corrected chi connectivity index (χ4v) is 2.88. The summed E-state index contributed by atoms with van der Waals surface area (Å²) in [4.78, 5) is 0. The fraction of sp³-hybridized carbons (Fsp3) is 0.625. The van der Waals surface area contributed by atoms with Crippen LogP contribution in [0.5, 0.6) is 0 Å². The lowest BCUT2D eigenvalue weighted by Crippen LogP contribution is -2.34. The van der Waals surface area contributed by atoms with E-state index in [4.69, 9.17) is 0 Å². The molecule has 94 valence electrons. The van der Waals surface area contributed by atoms with E-state index in [0.717, 1.165) is 11.8 Å². The lowest BCUT2D eigenvalue weighted by Gasteiger charge is -2.28. The van der Waals surface area contributed by atoms with Crippen molar-refractivity contribution in [2.45, 2.75) is 52.0 Å². The normalized spacial score (nSPS) is 25.2. The third kappa shape index (κ3) is 3.57. The molecule has 0 bridgehead atoms. The quantitative estimate of drug-likeness (QED) is 0.835.